The summed E-state index contributed by atoms with van der Waals surface area (Å²) in [5, 5.41) is 7.84. The molecule has 3 N–H and O–H groups in total. The van der Waals surface area contributed by atoms with Crippen molar-refractivity contribution in [2.75, 3.05) is 43.6 Å². The highest BCUT2D eigenvalue weighted by molar-refractivity contribution is 5.75. The minimum absolute atomic E-state index is 0.0194. The number of anilines is 3. The molecule has 0 spiro atoms. The van der Waals surface area contributed by atoms with Crippen LogP contribution < -0.4 is 20.7 Å². The molecule has 1 aromatic carbocycles. The molecule has 232 valence electrons. The van der Waals surface area contributed by atoms with Crippen molar-refractivity contribution < 1.29 is 23.0 Å². The van der Waals surface area contributed by atoms with Crippen LogP contribution in [-0.2, 0) is 9.53 Å². The number of pyridine rings is 1. The number of fused-ring (bicyclic) bond motifs is 1. The molecule has 4 aromatic rings. The Morgan fingerprint density at radius 3 is 2.59 bits per heavy atom. The quantitative estimate of drug-likeness (QED) is 0.321. The van der Waals surface area contributed by atoms with Crippen molar-refractivity contribution in [3.8, 4) is 17.0 Å². The van der Waals surface area contributed by atoms with Crippen LogP contribution in [0.2, 0.25) is 0 Å². The molecule has 3 aromatic heterocycles. The van der Waals surface area contributed by atoms with E-state index in [-0.39, 0.29) is 47.0 Å². The van der Waals surface area contributed by atoms with Gasteiger partial charge in [-0.3, -0.25) is 9.78 Å². The van der Waals surface area contributed by atoms with Gasteiger partial charge in [0.2, 0.25) is 11.9 Å². The van der Waals surface area contributed by atoms with Gasteiger partial charge >= 0.3 is 0 Å². The van der Waals surface area contributed by atoms with E-state index in [0.717, 1.165) is 5.69 Å². The second-order valence-electron chi connectivity index (χ2n) is 11.5. The van der Waals surface area contributed by atoms with E-state index < -0.39 is 11.6 Å². The number of rotatable bonds is 7. The van der Waals surface area contributed by atoms with E-state index in [9.17, 15) is 4.79 Å². The molecule has 3 unspecified atom stereocenters. The fraction of sp³-hybridized carbons (Fsp3) is 0.419. The van der Waals surface area contributed by atoms with Gasteiger partial charge in [0.25, 0.3) is 0 Å². The lowest BCUT2D eigenvalue weighted by atomic mass is 9.88. The summed E-state index contributed by atoms with van der Waals surface area (Å²) in [6.45, 7) is 5.95. The first-order valence-corrected chi connectivity index (χ1v) is 14.7. The van der Waals surface area contributed by atoms with Crippen molar-refractivity contribution in [1.29, 1.82) is 0 Å². The van der Waals surface area contributed by atoms with E-state index in [1.807, 2.05) is 6.07 Å². The van der Waals surface area contributed by atoms with E-state index in [2.05, 4.69) is 32.2 Å². The van der Waals surface area contributed by atoms with Gasteiger partial charge in [-0.15, -0.1) is 0 Å². The number of aromatic nitrogens is 4. The first-order chi connectivity index (χ1) is 21.2. The van der Waals surface area contributed by atoms with Crippen LogP contribution in [0.3, 0.4) is 0 Å². The molecule has 2 aliphatic rings. The fourth-order valence-corrected chi connectivity index (χ4v) is 6.22. The zero-order valence-corrected chi connectivity index (χ0v) is 24.9. The molecule has 11 nitrogen and oxygen atoms in total. The molecule has 0 bridgehead atoms. The number of ether oxygens (including phenoxy) is 2. The highest BCUT2D eigenvalue weighted by atomic mass is 19.1. The molecule has 2 saturated heterocycles. The number of likely N-dealkylation sites (N-methyl/N-ethyl adjacent to an activating group) is 1. The van der Waals surface area contributed by atoms with Crippen LogP contribution >= 0.6 is 0 Å². The lowest BCUT2D eigenvalue weighted by Gasteiger charge is -2.46. The second-order valence-corrected chi connectivity index (χ2v) is 11.5. The van der Waals surface area contributed by atoms with Crippen molar-refractivity contribution in [2.24, 2.45) is 11.7 Å². The van der Waals surface area contributed by atoms with E-state index in [1.165, 1.54) is 16.6 Å². The van der Waals surface area contributed by atoms with Gasteiger partial charge in [-0.1, -0.05) is 6.92 Å². The van der Waals surface area contributed by atoms with Crippen molar-refractivity contribution in [2.45, 2.75) is 44.9 Å². The van der Waals surface area contributed by atoms with Crippen molar-refractivity contribution in [3.63, 3.8) is 0 Å². The molecule has 0 saturated carbocycles. The number of nitrogens with zero attached hydrogens (tertiary/aromatic N) is 6. The van der Waals surface area contributed by atoms with Gasteiger partial charge < -0.3 is 30.3 Å². The first kappa shape index (κ1) is 29.7. The van der Waals surface area contributed by atoms with E-state index in [0.29, 0.717) is 56.3 Å². The topological polar surface area (TPSA) is 123 Å². The smallest absolute Gasteiger partial charge is 0.229 e. The lowest BCUT2D eigenvalue weighted by molar-refractivity contribution is -0.131. The molecule has 2 aliphatic heterocycles. The predicted octanol–water partition coefficient (Wildman–Crippen LogP) is 4.00. The van der Waals surface area contributed by atoms with Crippen LogP contribution in [0.25, 0.3) is 16.8 Å². The molecule has 2 fully saturated rings. The van der Waals surface area contributed by atoms with Gasteiger partial charge in [0.15, 0.2) is 0 Å². The number of carbonyl (C=O) groups excluding carboxylic acids is 1. The van der Waals surface area contributed by atoms with Crippen LogP contribution in [0.4, 0.5) is 26.1 Å². The SMILES string of the molecule is CC(=O)N(C)C1C(C)CN(c2ccncc2Nc2ncc3ccc(-c4c(F)cc(OC5CCOCC5)cc4F)nn23)CC1N. The summed E-state index contributed by atoms with van der Waals surface area (Å²) in [5.41, 5.74) is 8.58. The maximum absolute atomic E-state index is 15.3. The normalized spacial score (nSPS) is 21.0. The molecule has 5 heterocycles. The predicted molar refractivity (Wildman–Crippen MR) is 162 cm³/mol. The molecule has 1 amide bonds. The Hall–Kier alpha value is -4.36. The Bertz CT molecular complexity index is 1630. The van der Waals surface area contributed by atoms with E-state index >= 15 is 8.78 Å². The van der Waals surface area contributed by atoms with Gasteiger partial charge in [-0.05, 0) is 24.1 Å². The highest BCUT2D eigenvalue weighted by Gasteiger charge is 2.36. The lowest BCUT2D eigenvalue weighted by Crippen LogP contribution is -2.62. The summed E-state index contributed by atoms with van der Waals surface area (Å²) < 4.78 is 43.2. The number of imidazole rings is 1. The molecular formula is C31H36F2N8O3. The number of nitrogens with one attached hydrogen (secondary N) is 1. The standard InChI is InChI=1S/C31H36F2N8O3/c1-18-16-40(17-25(34)30(18)39(3)19(2)42)28-6-9-35-15-27(28)37-31-36-14-20-4-5-26(38-41(20)31)29-23(32)12-22(13-24(29)33)44-21-7-10-43-11-8-21/h4-6,9,12-15,18,21,25,30H,7-8,10-11,16-17,34H2,1-3H3,(H,36,37). The number of hydrogen-bond acceptors (Lipinski definition) is 9. The Labute approximate surface area is 254 Å². The van der Waals surface area contributed by atoms with Crippen LogP contribution in [0.5, 0.6) is 5.75 Å². The maximum Gasteiger partial charge on any atom is 0.229 e. The minimum Gasteiger partial charge on any atom is -0.490 e. The second kappa shape index (κ2) is 12.3. The van der Waals surface area contributed by atoms with Gasteiger partial charge in [0, 0.05) is 64.3 Å². The summed E-state index contributed by atoms with van der Waals surface area (Å²) in [4.78, 5) is 24.7. The third-order valence-corrected chi connectivity index (χ3v) is 8.42. The molecule has 0 radical (unpaired) electrons. The summed E-state index contributed by atoms with van der Waals surface area (Å²) in [7, 11) is 1.79. The zero-order valence-electron chi connectivity index (χ0n) is 24.9. The van der Waals surface area contributed by atoms with Gasteiger partial charge in [0.05, 0.1) is 59.8 Å². The van der Waals surface area contributed by atoms with Crippen molar-refractivity contribution in [1.82, 2.24) is 24.5 Å². The zero-order chi connectivity index (χ0) is 31.0. The monoisotopic (exact) mass is 606 g/mol. The molecule has 0 aliphatic carbocycles. The van der Waals surface area contributed by atoms with Gasteiger partial charge in [0.1, 0.15) is 23.5 Å². The minimum atomic E-state index is -0.771. The first-order valence-electron chi connectivity index (χ1n) is 14.7. The molecule has 44 heavy (non-hydrogen) atoms. The average Bonchev–Trinajstić information content (AvgIpc) is 3.39. The highest BCUT2D eigenvalue weighted by Crippen LogP contribution is 2.34. The van der Waals surface area contributed by atoms with Crippen LogP contribution in [0.15, 0.2) is 48.9 Å². The maximum atomic E-state index is 15.3. The van der Waals surface area contributed by atoms with Gasteiger partial charge in [-0.25, -0.2) is 13.8 Å². The number of carbonyl (C=O) groups is 1. The molecular weight excluding hydrogens is 570 g/mol. The van der Waals surface area contributed by atoms with Crippen molar-refractivity contribution in [3.05, 3.63) is 60.6 Å². The Morgan fingerprint density at radius 2 is 1.89 bits per heavy atom. The summed E-state index contributed by atoms with van der Waals surface area (Å²) in [5.74, 6) is -0.964. The van der Waals surface area contributed by atoms with E-state index in [1.54, 1.807) is 49.6 Å². The molecule has 3 atom stereocenters. The largest absolute Gasteiger partial charge is 0.490 e. The Balaban J connectivity index is 1.26. The van der Waals surface area contributed by atoms with Crippen LogP contribution in [-0.4, -0.2) is 81.9 Å². The summed E-state index contributed by atoms with van der Waals surface area (Å²) in [6, 6.07) is 7.19. The fourth-order valence-electron chi connectivity index (χ4n) is 6.22. The number of hydrogen-bond donors (Lipinski definition) is 2. The number of nitrogens with two attached hydrogens (primary N) is 1. The van der Waals surface area contributed by atoms with Gasteiger partial charge in [-0.2, -0.15) is 9.61 Å². The third kappa shape index (κ3) is 5.89. The van der Waals surface area contributed by atoms with Crippen LogP contribution in [0, 0.1) is 17.6 Å². The summed E-state index contributed by atoms with van der Waals surface area (Å²) in [6.07, 6.45) is 6.19. The number of amides is 1. The third-order valence-electron chi connectivity index (χ3n) is 8.42. The van der Waals surface area contributed by atoms with Crippen molar-refractivity contribution >= 4 is 28.7 Å². The number of benzene rings is 1. The average molecular weight is 607 g/mol. The Kier molecular flexibility index (Phi) is 8.32. The number of halogens is 2. The molecule has 13 heteroatoms. The summed E-state index contributed by atoms with van der Waals surface area (Å²) >= 11 is 0. The Morgan fingerprint density at radius 1 is 1.14 bits per heavy atom. The molecule has 6 rings (SSSR count). The number of piperidine rings is 1. The van der Waals surface area contributed by atoms with Crippen LogP contribution in [0.1, 0.15) is 26.7 Å². The van der Waals surface area contributed by atoms with E-state index in [4.69, 9.17) is 15.2 Å².